The molecule has 0 saturated heterocycles. The maximum atomic E-state index is 13.9. The Kier molecular flexibility index (Phi) is 6.70. The summed E-state index contributed by atoms with van der Waals surface area (Å²) in [6.45, 7) is 0. The molecule has 0 aliphatic heterocycles. The van der Waals surface area contributed by atoms with Crippen molar-refractivity contribution in [1.82, 2.24) is 4.98 Å². The predicted molar refractivity (Wildman–Crippen MR) is 144 cm³/mol. The first kappa shape index (κ1) is 24.2. The van der Waals surface area contributed by atoms with E-state index in [1.165, 1.54) is 56.0 Å². The van der Waals surface area contributed by atoms with Crippen LogP contribution in [0, 0.1) is 5.82 Å². The van der Waals surface area contributed by atoms with E-state index in [9.17, 15) is 9.18 Å². The lowest BCUT2D eigenvalue weighted by molar-refractivity contribution is 0.0989. The van der Waals surface area contributed by atoms with Crippen LogP contribution in [0.5, 0.6) is 17.2 Å². The maximum absolute atomic E-state index is 13.9. The predicted octanol–water partition coefficient (Wildman–Crippen LogP) is 6.30. The quantitative estimate of drug-likeness (QED) is 0.188. The van der Waals surface area contributed by atoms with E-state index in [-0.39, 0.29) is 11.7 Å². The molecule has 0 aliphatic carbocycles. The number of aromatic nitrogens is 1. The van der Waals surface area contributed by atoms with Crippen molar-refractivity contribution in [2.45, 2.75) is 0 Å². The standard InChI is InChI=1S/C28H22FN3O4S/c1-34-23-13-17(14-24(35-2)26(23)36-3)16-30-32(28-31-22-12-11-19(29)15-25(22)37-28)27(33)21-10-6-8-18-7-4-5-9-20(18)21/h4-16H,1-3H3/b30-16+. The number of hydrogen-bond donors (Lipinski definition) is 0. The van der Waals surface area contributed by atoms with E-state index in [2.05, 4.69) is 10.1 Å². The third-order valence-corrected chi connectivity index (χ3v) is 6.74. The monoisotopic (exact) mass is 515 g/mol. The highest BCUT2D eigenvalue weighted by Crippen LogP contribution is 2.38. The number of amides is 1. The van der Waals surface area contributed by atoms with E-state index in [1.807, 2.05) is 36.4 Å². The number of rotatable bonds is 7. The summed E-state index contributed by atoms with van der Waals surface area (Å²) >= 11 is 1.18. The Morgan fingerprint density at radius 3 is 2.41 bits per heavy atom. The Morgan fingerprint density at radius 1 is 0.946 bits per heavy atom. The largest absolute Gasteiger partial charge is 0.493 e. The number of ether oxygens (including phenoxy) is 3. The van der Waals surface area contributed by atoms with Crippen LogP contribution in [0.2, 0.25) is 0 Å². The molecule has 0 N–H and O–H groups in total. The van der Waals surface area contributed by atoms with E-state index in [0.717, 1.165) is 10.8 Å². The zero-order valence-electron chi connectivity index (χ0n) is 20.3. The first-order valence-corrected chi connectivity index (χ1v) is 12.1. The molecule has 37 heavy (non-hydrogen) atoms. The second-order valence-electron chi connectivity index (χ2n) is 7.96. The third-order valence-electron chi connectivity index (χ3n) is 5.74. The first-order valence-electron chi connectivity index (χ1n) is 11.2. The van der Waals surface area contributed by atoms with Crippen LogP contribution in [-0.2, 0) is 0 Å². The summed E-state index contributed by atoms with van der Waals surface area (Å²) in [6.07, 6.45) is 1.51. The number of benzene rings is 4. The van der Waals surface area contributed by atoms with E-state index in [1.54, 1.807) is 24.3 Å². The summed E-state index contributed by atoms with van der Waals surface area (Å²) in [5, 5.41) is 7.78. The fourth-order valence-electron chi connectivity index (χ4n) is 3.99. The second kappa shape index (κ2) is 10.2. The number of methoxy groups -OCH3 is 3. The van der Waals surface area contributed by atoms with Crippen molar-refractivity contribution in [3.05, 3.63) is 89.7 Å². The Balaban J connectivity index is 1.63. The van der Waals surface area contributed by atoms with Gasteiger partial charge in [0, 0.05) is 11.1 Å². The number of fused-ring (bicyclic) bond motifs is 2. The fourth-order valence-corrected chi connectivity index (χ4v) is 4.94. The smallest absolute Gasteiger partial charge is 0.281 e. The van der Waals surface area contributed by atoms with Crippen LogP contribution in [0.3, 0.4) is 0 Å². The molecule has 5 aromatic rings. The minimum atomic E-state index is -0.379. The van der Waals surface area contributed by atoms with E-state index in [4.69, 9.17) is 14.2 Å². The van der Waals surface area contributed by atoms with Crippen molar-refractivity contribution >= 4 is 49.6 Å². The second-order valence-corrected chi connectivity index (χ2v) is 8.96. The van der Waals surface area contributed by atoms with Gasteiger partial charge in [-0.25, -0.2) is 9.37 Å². The van der Waals surface area contributed by atoms with Crippen molar-refractivity contribution in [3.8, 4) is 17.2 Å². The van der Waals surface area contributed by atoms with Crippen LogP contribution in [0.1, 0.15) is 15.9 Å². The van der Waals surface area contributed by atoms with Crippen LogP contribution in [0.4, 0.5) is 9.52 Å². The van der Waals surface area contributed by atoms with E-state index in [0.29, 0.717) is 43.7 Å². The zero-order valence-corrected chi connectivity index (χ0v) is 21.1. The number of thiazole rings is 1. The molecule has 0 unspecified atom stereocenters. The van der Waals surface area contributed by atoms with Crippen LogP contribution >= 0.6 is 11.3 Å². The van der Waals surface area contributed by atoms with Crippen molar-refractivity contribution in [1.29, 1.82) is 0 Å². The Morgan fingerprint density at radius 2 is 1.68 bits per heavy atom. The molecule has 0 bridgehead atoms. The Hall–Kier alpha value is -4.50. The number of carbonyl (C=O) groups excluding carboxylic acids is 1. The molecule has 1 amide bonds. The van der Waals surface area contributed by atoms with Gasteiger partial charge in [-0.05, 0) is 47.2 Å². The van der Waals surface area contributed by atoms with Gasteiger partial charge in [-0.2, -0.15) is 10.1 Å². The fraction of sp³-hybridized carbons (Fsp3) is 0.107. The number of hydrazone groups is 1. The first-order chi connectivity index (χ1) is 18.0. The van der Waals surface area contributed by atoms with Gasteiger partial charge in [-0.3, -0.25) is 4.79 Å². The van der Waals surface area contributed by atoms with Gasteiger partial charge in [-0.1, -0.05) is 47.7 Å². The molecule has 4 aromatic carbocycles. The molecular formula is C28H22FN3O4S. The van der Waals surface area contributed by atoms with Crippen LogP contribution in [0.25, 0.3) is 21.0 Å². The average molecular weight is 516 g/mol. The van der Waals surface area contributed by atoms with Gasteiger partial charge in [0.25, 0.3) is 5.91 Å². The summed E-state index contributed by atoms with van der Waals surface area (Å²) in [6, 6.07) is 20.9. The normalized spacial score (nSPS) is 11.2. The molecule has 5 rings (SSSR count). The topological polar surface area (TPSA) is 73.2 Å². The van der Waals surface area contributed by atoms with Crippen molar-refractivity contribution in [2.24, 2.45) is 5.10 Å². The molecule has 1 aromatic heterocycles. The number of nitrogens with zero attached hydrogens (tertiary/aromatic N) is 3. The van der Waals surface area contributed by atoms with Gasteiger partial charge in [0.15, 0.2) is 11.5 Å². The molecule has 0 spiro atoms. The molecule has 0 atom stereocenters. The zero-order chi connectivity index (χ0) is 25.9. The van der Waals surface area contributed by atoms with Gasteiger partial charge in [0.1, 0.15) is 5.82 Å². The molecule has 1 heterocycles. The van der Waals surface area contributed by atoms with Crippen molar-refractivity contribution < 1.29 is 23.4 Å². The minimum absolute atomic E-state index is 0.308. The van der Waals surface area contributed by atoms with Crippen LogP contribution in [-0.4, -0.2) is 38.4 Å². The molecule has 186 valence electrons. The van der Waals surface area contributed by atoms with Crippen molar-refractivity contribution in [2.75, 3.05) is 26.3 Å². The molecule has 9 heteroatoms. The lowest BCUT2D eigenvalue weighted by Gasteiger charge is -2.16. The highest BCUT2D eigenvalue weighted by Gasteiger charge is 2.23. The number of carbonyl (C=O) groups is 1. The van der Waals surface area contributed by atoms with Crippen molar-refractivity contribution in [3.63, 3.8) is 0 Å². The molecule has 0 aliphatic rings. The summed E-state index contributed by atoms with van der Waals surface area (Å²) in [4.78, 5) is 18.5. The van der Waals surface area contributed by atoms with Gasteiger partial charge in [0.2, 0.25) is 10.9 Å². The average Bonchev–Trinajstić information content (AvgIpc) is 3.34. The summed E-state index contributed by atoms with van der Waals surface area (Å²) in [5.41, 5.74) is 1.64. The molecule has 7 nitrogen and oxygen atoms in total. The number of anilines is 1. The van der Waals surface area contributed by atoms with Gasteiger partial charge in [0.05, 0.1) is 37.8 Å². The van der Waals surface area contributed by atoms with Gasteiger partial charge < -0.3 is 14.2 Å². The molecule has 0 fully saturated rings. The van der Waals surface area contributed by atoms with E-state index < -0.39 is 0 Å². The van der Waals surface area contributed by atoms with Crippen LogP contribution < -0.4 is 19.2 Å². The third kappa shape index (κ3) is 4.68. The minimum Gasteiger partial charge on any atom is -0.493 e. The number of hydrogen-bond acceptors (Lipinski definition) is 7. The molecule has 0 radical (unpaired) electrons. The van der Waals surface area contributed by atoms with Gasteiger partial charge >= 0.3 is 0 Å². The Labute approximate surface area is 216 Å². The van der Waals surface area contributed by atoms with Crippen LogP contribution in [0.15, 0.2) is 77.9 Å². The summed E-state index contributed by atoms with van der Waals surface area (Å²) in [7, 11) is 4.57. The SMILES string of the molecule is COc1cc(/C=N/N(C(=O)c2cccc3ccccc23)c2nc3ccc(F)cc3s2)cc(OC)c1OC. The summed E-state index contributed by atoms with van der Waals surface area (Å²) < 4.78 is 30.7. The lowest BCUT2D eigenvalue weighted by Crippen LogP contribution is -2.25. The van der Waals surface area contributed by atoms with E-state index >= 15 is 0 Å². The highest BCUT2D eigenvalue weighted by molar-refractivity contribution is 7.22. The number of halogens is 1. The Bertz CT molecular complexity index is 1620. The lowest BCUT2D eigenvalue weighted by atomic mass is 10.0. The molecule has 0 saturated carbocycles. The molecular weight excluding hydrogens is 493 g/mol. The van der Waals surface area contributed by atoms with Gasteiger partial charge in [-0.15, -0.1) is 0 Å². The highest BCUT2D eigenvalue weighted by atomic mass is 32.1. The summed E-state index contributed by atoms with van der Waals surface area (Å²) in [5.74, 6) is 0.589. The maximum Gasteiger partial charge on any atom is 0.281 e.